The second-order valence-corrected chi connectivity index (χ2v) is 5.87. The maximum atomic E-state index is 11.4. The third kappa shape index (κ3) is 2.19. The Hall–Kier alpha value is -1.26. The molecule has 1 aromatic heterocycles. The van der Waals surface area contributed by atoms with Gasteiger partial charge >= 0.3 is 0 Å². The molecule has 0 fully saturated rings. The van der Waals surface area contributed by atoms with Crippen LogP contribution in [0.25, 0.3) is 0 Å². The molecule has 0 saturated heterocycles. The van der Waals surface area contributed by atoms with E-state index in [1.807, 2.05) is 19.1 Å². The number of fused-ring (bicyclic) bond motifs is 1. The van der Waals surface area contributed by atoms with Crippen molar-refractivity contribution in [3.8, 4) is 0 Å². The molecule has 2 heterocycles. The third-order valence-corrected chi connectivity index (χ3v) is 4.61. The number of alkyl halides is 1. The number of hydrogen-bond acceptors (Lipinski definition) is 2. The van der Waals surface area contributed by atoms with Gasteiger partial charge in [0.1, 0.15) is 5.76 Å². The normalized spacial score (nSPS) is 15.2. The van der Waals surface area contributed by atoms with Crippen molar-refractivity contribution in [1.29, 1.82) is 0 Å². The summed E-state index contributed by atoms with van der Waals surface area (Å²) in [4.78, 5) is 11.4. The highest BCUT2D eigenvalue weighted by atomic mass is 79.9. The van der Waals surface area contributed by atoms with Gasteiger partial charge in [0.15, 0.2) is 0 Å². The highest BCUT2D eigenvalue weighted by Gasteiger charge is 2.23. The zero-order valence-corrected chi connectivity index (χ0v) is 12.5. The SMILES string of the molecule is Cc1occc1C(Br)c1cc2c(cc1Cl)NC(=O)C2. The highest BCUT2D eigenvalue weighted by Crippen LogP contribution is 2.40. The van der Waals surface area contributed by atoms with Crippen molar-refractivity contribution in [2.45, 2.75) is 18.2 Å². The van der Waals surface area contributed by atoms with E-state index in [-0.39, 0.29) is 10.7 Å². The first-order valence-electron chi connectivity index (χ1n) is 5.86. The average Bonchev–Trinajstić information content (AvgIpc) is 2.92. The van der Waals surface area contributed by atoms with E-state index < -0.39 is 0 Å². The highest BCUT2D eigenvalue weighted by molar-refractivity contribution is 9.09. The van der Waals surface area contributed by atoms with E-state index in [9.17, 15) is 4.79 Å². The van der Waals surface area contributed by atoms with Crippen molar-refractivity contribution in [3.63, 3.8) is 0 Å². The summed E-state index contributed by atoms with van der Waals surface area (Å²) < 4.78 is 5.32. The molecule has 19 heavy (non-hydrogen) atoms. The van der Waals surface area contributed by atoms with Crippen LogP contribution in [-0.4, -0.2) is 5.91 Å². The molecule has 98 valence electrons. The lowest BCUT2D eigenvalue weighted by Gasteiger charge is -2.13. The first-order chi connectivity index (χ1) is 9.06. The van der Waals surface area contributed by atoms with Crippen molar-refractivity contribution in [2.24, 2.45) is 0 Å². The predicted octanol–water partition coefficient (Wildman–Crippen LogP) is 4.22. The zero-order valence-electron chi connectivity index (χ0n) is 10.2. The third-order valence-electron chi connectivity index (χ3n) is 3.29. The summed E-state index contributed by atoms with van der Waals surface area (Å²) in [5, 5.41) is 3.42. The van der Waals surface area contributed by atoms with Crippen LogP contribution in [-0.2, 0) is 11.2 Å². The molecule has 3 nitrogen and oxygen atoms in total. The summed E-state index contributed by atoms with van der Waals surface area (Å²) in [5.74, 6) is 0.862. The van der Waals surface area contributed by atoms with Crippen LogP contribution in [0.4, 0.5) is 5.69 Å². The molecule has 1 aliphatic rings. The minimum absolute atomic E-state index is 0.00818. The molecule has 5 heteroatoms. The summed E-state index contributed by atoms with van der Waals surface area (Å²) in [6, 6.07) is 5.70. The van der Waals surface area contributed by atoms with Crippen LogP contribution in [0.2, 0.25) is 5.02 Å². The Balaban J connectivity index is 2.05. The van der Waals surface area contributed by atoms with Gasteiger partial charge in [-0.2, -0.15) is 0 Å². The molecule has 1 atom stereocenters. The Morgan fingerprint density at radius 1 is 1.42 bits per heavy atom. The molecular weight excluding hydrogens is 330 g/mol. The number of hydrogen-bond donors (Lipinski definition) is 1. The Bertz CT molecular complexity index is 665. The quantitative estimate of drug-likeness (QED) is 0.832. The smallest absolute Gasteiger partial charge is 0.228 e. The zero-order chi connectivity index (χ0) is 13.6. The maximum Gasteiger partial charge on any atom is 0.228 e. The van der Waals surface area contributed by atoms with Crippen LogP contribution in [0.5, 0.6) is 0 Å². The molecule has 0 saturated carbocycles. The second kappa shape index (κ2) is 4.69. The van der Waals surface area contributed by atoms with Gasteiger partial charge in [0.25, 0.3) is 0 Å². The number of anilines is 1. The minimum Gasteiger partial charge on any atom is -0.469 e. The molecule has 0 bridgehead atoms. The van der Waals surface area contributed by atoms with Gasteiger partial charge in [-0.05, 0) is 30.2 Å². The predicted molar refractivity (Wildman–Crippen MR) is 78.0 cm³/mol. The van der Waals surface area contributed by atoms with Gasteiger partial charge in [0.2, 0.25) is 5.91 Å². The van der Waals surface area contributed by atoms with E-state index in [1.165, 1.54) is 0 Å². The number of amides is 1. The number of benzene rings is 1. The van der Waals surface area contributed by atoms with Crippen molar-refractivity contribution in [2.75, 3.05) is 5.32 Å². The lowest BCUT2D eigenvalue weighted by atomic mass is 10.0. The molecule has 0 aliphatic carbocycles. The van der Waals surface area contributed by atoms with E-state index in [0.29, 0.717) is 11.4 Å². The van der Waals surface area contributed by atoms with Crippen molar-refractivity contribution in [1.82, 2.24) is 0 Å². The lowest BCUT2D eigenvalue weighted by Crippen LogP contribution is -2.03. The number of aryl methyl sites for hydroxylation is 1. The van der Waals surface area contributed by atoms with Crippen LogP contribution in [0.1, 0.15) is 27.3 Å². The molecule has 1 unspecified atom stereocenters. The Kier molecular flexibility index (Phi) is 3.15. The summed E-state index contributed by atoms with van der Waals surface area (Å²) in [7, 11) is 0. The molecule has 1 aliphatic heterocycles. The fourth-order valence-electron chi connectivity index (χ4n) is 2.29. The number of furan rings is 1. The van der Waals surface area contributed by atoms with E-state index in [1.54, 1.807) is 12.3 Å². The van der Waals surface area contributed by atoms with Crippen molar-refractivity contribution < 1.29 is 9.21 Å². The maximum absolute atomic E-state index is 11.4. The first kappa shape index (κ1) is 12.8. The van der Waals surface area contributed by atoms with Gasteiger partial charge in [-0.25, -0.2) is 0 Å². The summed E-state index contributed by atoms with van der Waals surface area (Å²) in [6.07, 6.45) is 2.06. The largest absolute Gasteiger partial charge is 0.469 e. The minimum atomic E-state index is -0.0419. The number of carbonyl (C=O) groups is 1. The lowest BCUT2D eigenvalue weighted by molar-refractivity contribution is -0.115. The summed E-state index contributed by atoms with van der Waals surface area (Å²) in [5.41, 5.74) is 3.78. The molecule has 3 rings (SSSR count). The van der Waals surface area contributed by atoms with E-state index in [0.717, 1.165) is 28.1 Å². The van der Waals surface area contributed by atoms with Crippen molar-refractivity contribution in [3.05, 3.63) is 51.9 Å². The molecule has 1 N–H and O–H groups in total. The molecule has 0 spiro atoms. The number of halogens is 2. The van der Waals surface area contributed by atoms with Gasteiger partial charge in [0.05, 0.1) is 17.5 Å². The molecule has 2 aromatic rings. The fourth-order valence-corrected chi connectivity index (χ4v) is 3.54. The molecule has 1 aromatic carbocycles. The summed E-state index contributed by atoms with van der Waals surface area (Å²) in [6.45, 7) is 1.91. The number of rotatable bonds is 2. The fraction of sp³-hybridized carbons (Fsp3) is 0.214. The van der Waals surface area contributed by atoms with Gasteiger partial charge in [-0.1, -0.05) is 33.6 Å². The number of nitrogens with one attached hydrogen (secondary N) is 1. The Morgan fingerprint density at radius 2 is 2.21 bits per heavy atom. The van der Waals surface area contributed by atoms with Gasteiger partial charge < -0.3 is 9.73 Å². The standard InChI is InChI=1S/C14H11BrClNO2/c1-7-9(2-3-19-7)14(15)10-4-8-5-13(18)17-12(8)6-11(10)16/h2-4,6,14H,5H2,1H3,(H,17,18). The van der Waals surface area contributed by atoms with Gasteiger partial charge in [-0.15, -0.1) is 0 Å². The number of carbonyl (C=O) groups excluding carboxylic acids is 1. The van der Waals surface area contributed by atoms with Crippen molar-refractivity contribution >= 4 is 39.1 Å². The average molecular weight is 341 g/mol. The monoisotopic (exact) mass is 339 g/mol. The molecule has 0 radical (unpaired) electrons. The van der Waals surface area contributed by atoms with Crippen LogP contribution in [0.3, 0.4) is 0 Å². The van der Waals surface area contributed by atoms with E-state index in [2.05, 4.69) is 21.2 Å². The Morgan fingerprint density at radius 3 is 2.89 bits per heavy atom. The topological polar surface area (TPSA) is 42.2 Å². The van der Waals surface area contributed by atoms with E-state index >= 15 is 0 Å². The van der Waals surface area contributed by atoms with Gasteiger partial charge in [-0.3, -0.25) is 4.79 Å². The van der Waals surface area contributed by atoms with Crippen LogP contribution in [0.15, 0.2) is 28.9 Å². The molecule has 1 amide bonds. The van der Waals surface area contributed by atoms with Crippen LogP contribution < -0.4 is 5.32 Å². The van der Waals surface area contributed by atoms with Gasteiger partial charge in [0, 0.05) is 16.3 Å². The van der Waals surface area contributed by atoms with Crippen LogP contribution in [0, 0.1) is 6.92 Å². The first-order valence-corrected chi connectivity index (χ1v) is 7.16. The van der Waals surface area contributed by atoms with Crippen LogP contribution >= 0.6 is 27.5 Å². The molecular formula is C14H11BrClNO2. The van der Waals surface area contributed by atoms with E-state index in [4.69, 9.17) is 16.0 Å². The Labute approximate surface area is 124 Å². The second-order valence-electron chi connectivity index (χ2n) is 4.55. The summed E-state index contributed by atoms with van der Waals surface area (Å²) >= 11 is 9.96.